The van der Waals surface area contributed by atoms with Crippen molar-refractivity contribution in [3.63, 3.8) is 0 Å². The first-order chi connectivity index (χ1) is 8.41. The van der Waals surface area contributed by atoms with Crippen LogP contribution >= 0.6 is 38.5 Å². The topological polar surface area (TPSA) is 75.1 Å². The Labute approximate surface area is 124 Å². The van der Waals surface area contributed by atoms with E-state index >= 15 is 0 Å². The maximum absolute atomic E-state index is 11.8. The fraction of sp³-hybridized carbons (Fsp3) is 0.0909. The van der Waals surface area contributed by atoms with Gasteiger partial charge >= 0.3 is 5.69 Å². The Balaban J connectivity index is 2.84. The number of hydrogen-bond donors (Lipinski definition) is 2. The zero-order valence-electron chi connectivity index (χ0n) is 9.20. The Morgan fingerprint density at radius 2 is 2.06 bits per heavy atom. The predicted molar refractivity (Wildman–Crippen MR) is 79.5 cm³/mol. The van der Waals surface area contributed by atoms with Crippen LogP contribution in [-0.2, 0) is 0 Å². The molecular formula is C11H8BrIN2O3. The van der Waals surface area contributed by atoms with E-state index in [1.54, 1.807) is 12.1 Å². The highest BCUT2D eigenvalue weighted by atomic mass is 127. The van der Waals surface area contributed by atoms with Crippen LogP contribution in [0.2, 0.25) is 0 Å². The predicted octanol–water partition coefficient (Wildman–Crippen LogP) is 1.91. The van der Waals surface area contributed by atoms with Gasteiger partial charge in [0.05, 0.1) is 11.3 Å². The molecule has 0 amide bonds. The summed E-state index contributed by atoms with van der Waals surface area (Å²) in [5.74, 6) is -0.356. The zero-order valence-corrected chi connectivity index (χ0v) is 12.9. The number of H-pyrrole nitrogens is 1. The van der Waals surface area contributed by atoms with Gasteiger partial charge in [0.25, 0.3) is 5.56 Å². The quantitative estimate of drug-likeness (QED) is 0.689. The van der Waals surface area contributed by atoms with Crippen LogP contribution in [0.4, 0.5) is 0 Å². The molecule has 1 aromatic carbocycles. The first-order valence-corrected chi connectivity index (χ1v) is 6.79. The van der Waals surface area contributed by atoms with E-state index < -0.39 is 11.2 Å². The van der Waals surface area contributed by atoms with Gasteiger partial charge in [-0.05, 0) is 63.6 Å². The van der Waals surface area contributed by atoms with Crippen molar-refractivity contribution in [2.45, 2.75) is 6.92 Å². The standard InChI is InChI=1S/C11H8BrIN2O3/c1-5-9(16)14-11(18)15(10(5)17)8-3-2-6(13)4-7(8)12/h2-4,17H,1H3,(H,14,16,18). The van der Waals surface area contributed by atoms with Crippen molar-refractivity contribution < 1.29 is 5.11 Å². The summed E-state index contributed by atoms with van der Waals surface area (Å²) in [6, 6.07) is 5.29. The minimum atomic E-state index is -0.676. The minimum Gasteiger partial charge on any atom is -0.494 e. The highest BCUT2D eigenvalue weighted by Crippen LogP contribution is 2.25. The van der Waals surface area contributed by atoms with Gasteiger partial charge in [0.2, 0.25) is 5.88 Å². The van der Waals surface area contributed by atoms with E-state index in [0.29, 0.717) is 10.2 Å². The van der Waals surface area contributed by atoms with Crippen molar-refractivity contribution in [2.75, 3.05) is 0 Å². The van der Waals surface area contributed by atoms with E-state index in [4.69, 9.17) is 0 Å². The minimum absolute atomic E-state index is 0.0973. The van der Waals surface area contributed by atoms with Crippen LogP contribution in [0.5, 0.6) is 5.88 Å². The molecule has 2 aromatic rings. The Hall–Kier alpha value is -1.09. The molecule has 0 atom stereocenters. The maximum Gasteiger partial charge on any atom is 0.335 e. The first-order valence-electron chi connectivity index (χ1n) is 4.92. The molecule has 1 aromatic heterocycles. The van der Waals surface area contributed by atoms with E-state index in [2.05, 4.69) is 43.5 Å². The average molecular weight is 423 g/mol. The van der Waals surface area contributed by atoms with Crippen LogP contribution in [0.15, 0.2) is 32.3 Å². The maximum atomic E-state index is 11.8. The summed E-state index contributed by atoms with van der Waals surface area (Å²) < 4.78 is 2.69. The summed E-state index contributed by atoms with van der Waals surface area (Å²) in [7, 11) is 0. The third kappa shape index (κ3) is 2.24. The third-order valence-corrected chi connectivity index (χ3v) is 3.77. The number of nitrogens with one attached hydrogen (secondary N) is 1. The van der Waals surface area contributed by atoms with Gasteiger partial charge in [-0.3, -0.25) is 9.78 Å². The second kappa shape index (κ2) is 4.88. The van der Waals surface area contributed by atoms with Crippen molar-refractivity contribution in [3.8, 4) is 11.6 Å². The second-order valence-electron chi connectivity index (χ2n) is 3.64. The molecule has 0 aliphatic rings. The summed E-state index contributed by atoms with van der Waals surface area (Å²) in [5, 5.41) is 9.93. The van der Waals surface area contributed by atoms with Gasteiger partial charge in [-0.15, -0.1) is 0 Å². The lowest BCUT2D eigenvalue weighted by Crippen LogP contribution is -2.30. The van der Waals surface area contributed by atoms with Gasteiger partial charge in [0, 0.05) is 8.04 Å². The molecule has 2 rings (SSSR count). The van der Waals surface area contributed by atoms with Gasteiger partial charge in [0.15, 0.2) is 0 Å². The second-order valence-corrected chi connectivity index (χ2v) is 5.74. The molecule has 0 saturated heterocycles. The Kier molecular flexibility index (Phi) is 3.62. The Morgan fingerprint density at radius 1 is 1.39 bits per heavy atom. The monoisotopic (exact) mass is 422 g/mol. The highest BCUT2D eigenvalue weighted by molar-refractivity contribution is 14.1. The van der Waals surface area contributed by atoms with Crippen molar-refractivity contribution in [3.05, 3.63) is 52.6 Å². The fourth-order valence-electron chi connectivity index (χ4n) is 1.50. The molecule has 18 heavy (non-hydrogen) atoms. The first kappa shape index (κ1) is 13.3. The number of aromatic hydroxyl groups is 1. The smallest absolute Gasteiger partial charge is 0.335 e. The molecule has 7 heteroatoms. The van der Waals surface area contributed by atoms with Gasteiger partial charge in [-0.25, -0.2) is 9.36 Å². The molecule has 2 N–H and O–H groups in total. The molecule has 1 heterocycles. The fourth-order valence-corrected chi connectivity index (χ4v) is 2.97. The van der Waals surface area contributed by atoms with Gasteiger partial charge in [0.1, 0.15) is 0 Å². The highest BCUT2D eigenvalue weighted by Gasteiger charge is 2.14. The molecule has 0 bridgehead atoms. The van der Waals surface area contributed by atoms with E-state index in [9.17, 15) is 14.7 Å². The molecule has 0 aliphatic heterocycles. The van der Waals surface area contributed by atoms with E-state index in [1.807, 2.05) is 6.07 Å². The average Bonchev–Trinajstić information content (AvgIpc) is 2.29. The summed E-state index contributed by atoms with van der Waals surface area (Å²) >= 11 is 5.46. The number of halogens is 2. The SMILES string of the molecule is Cc1c(O)n(-c2ccc(I)cc2Br)c(=O)[nH]c1=O. The van der Waals surface area contributed by atoms with Crippen LogP contribution < -0.4 is 11.2 Å². The molecular weight excluding hydrogens is 415 g/mol. The number of hydrogen-bond acceptors (Lipinski definition) is 3. The molecule has 5 nitrogen and oxygen atoms in total. The zero-order chi connectivity index (χ0) is 13.4. The van der Waals surface area contributed by atoms with Crippen molar-refractivity contribution >= 4 is 38.5 Å². The number of aromatic nitrogens is 2. The van der Waals surface area contributed by atoms with Gasteiger partial charge in [-0.1, -0.05) is 0 Å². The van der Waals surface area contributed by atoms with Crippen molar-refractivity contribution in [1.82, 2.24) is 9.55 Å². The van der Waals surface area contributed by atoms with Crippen LogP contribution in [0.25, 0.3) is 5.69 Å². The molecule has 0 aliphatic carbocycles. The molecule has 0 radical (unpaired) electrons. The van der Waals surface area contributed by atoms with E-state index in [0.717, 1.165) is 8.14 Å². The molecule has 0 saturated carbocycles. The lowest BCUT2D eigenvalue weighted by Gasteiger charge is -2.11. The van der Waals surface area contributed by atoms with Crippen molar-refractivity contribution in [2.24, 2.45) is 0 Å². The largest absolute Gasteiger partial charge is 0.494 e. The molecule has 0 unspecified atom stereocenters. The summed E-state index contributed by atoms with van der Waals surface area (Å²) in [6.07, 6.45) is 0. The van der Waals surface area contributed by atoms with Crippen molar-refractivity contribution in [1.29, 1.82) is 0 Å². The summed E-state index contributed by atoms with van der Waals surface area (Å²) in [6.45, 7) is 1.45. The van der Waals surface area contributed by atoms with Crippen LogP contribution in [0.3, 0.4) is 0 Å². The number of nitrogens with zero attached hydrogens (tertiary/aromatic N) is 1. The molecule has 0 spiro atoms. The molecule has 0 fully saturated rings. The van der Waals surface area contributed by atoms with E-state index in [1.165, 1.54) is 6.92 Å². The lowest BCUT2D eigenvalue weighted by molar-refractivity contribution is 0.426. The lowest BCUT2D eigenvalue weighted by atomic mass is 10.3. The van der Waals surface area contributed by atoms with E-state index in [-0.39, 0.29) is 11.4 Å². The van der Waals surface area contributed by atoms with Gasteiger partial charge < -0.3 is 5.11 Å². The number of rotatable bonds is 1. The molecule has 94 valence electrons. The van der Waals surface area contributed by atoms with Crippen LogP contribution in [-0.4, -0.2) is 14.7 Å². The van der Waals surface area contributed by atoms with Crippen LogP contribution in [0, 0.1) is 10.5 Å². The third-order valence-electron chi connectivity index (χ3n) is 2.46. The Morgan fingerprint density at radius 3 is 2.67 bits per heavy atom. The summed E-state index contributed by atoms with van der Waals surface area (Å²) in [5.41, 5.74) is -0.697. The number of benzene rings is 1. The summed E-state index contributed by atoms with van der Waals surface area (Å²) in [4.78, 5) is 25.3. The van der Waals surface area contributed by atoms with Gasteiger partial charge in [-0.2, -0.15) is 0 Å². The number of aromatic amines is 1. The normalized spacial score (nSPS) is 10.6. The Bertz CT molecular complexity index is 736. The van der Waals surface area contributed by atoms with Crippen LogP contribution in [0.1, 0.15) is 5.56 Å².